The maximum Gasteiger partial charge on any atom is 0.331 e. The smallest absolute Gasteiger partial charge is 0.331 e. The number of hydrogen-bond donors (Lipinski definition) is 0. The minimum absolute atomic E-state index is 0.122. The maximum absolute atomic E-state index is 12.0. The minimum Gasteiger partial charge on any atom is -0.358 e. The van der Waals surface area contributed by atoms with E-state index < -0.39 is 0 Å². The molecule has 0 atom stereocenters. The summed E-state index contributed by atoms with van der Waals surface area (Å²) in [6, 6.07) is 26.1. The molecule has 0 N–H and O–H groups in total. The van der Waals surface area contributed by atoms with Crippen LogP contribution in [0.4, 0.5) is 5.82 Å². The number of fused-ring (bicyclic) bond motifs is 4. The second kappa shape index (κ2) is 5.68. The Labute approximate surface area is 155 Å². The van der Waals surface area contributed by atoms with E-state index in [0.717, 1.165) is 38.0 Å². The molecule has 0 aliphatic carbocycles. The number of benzene rings is 4. The molecular weight excluding hydrogens is 336 g/mol. The first-order valence-electron chi connectivity index (χ1n) is 8.79. The molecule has 0 aliphatic rings. The lowest BCUT2D eigenvalue weighted by atomic mass is 9.92. The number of hydrogen-bond acceptors (Lipinski definition) is 2. The Balaban J connectivity index is 2.03. The van der Waals surface area contributed by atoms with Crippen LogP contribution in [0.25, 0.3) is 43.6 Å². The van der Waals surface area contributed by atoms with Crippen LogP contribution >= 0.6 is 0 Å². The van der Waals surface area contributed by atoms with E-state index in [-0.39, 0.29) is 10.7 Å². The Kier molecular flexibility index (Phi) is 3.28. The third-order valence-electron chi connectivity index (χ3n) is 5.29. The standard InChI is InChI=1S/C23H16N2O2/c1-24-21-13-7-6-12-19(21)22(23(24)25(26)27)20-14-15-8-2-3-9-16(15)17-10-4-5-11-18(17)20/h2-14H,1H3. The predicted molar refractivity (Wildman–Crippen MR) is 110 cm³/mol. The van der Waals surface area contributed by atoms with E-state index in [0.29, 0.717) is 5.56 Å². The highest BCUT2D eigenvalue weighted by Crippen LogP contribution is 2.43. The van der Waals surface area contributed by atoms with Gasteiger partial charge in [-0.05, 0) is 50.2 Å². The molecule has 130 valence electrons. The summed E-state index contributed by atoms with van der Waals surface area (Å²) in [6.45, 7) is 0. The highest BCUT2D eigenvalue weighted by atomic mass is 16.6. The number of nitro groups is 1. The molecule has 1 aromatic heterocycles. The van der Waals surface area contributed by atoms with Crippen LogP contribution in [-0.2, 0) is 7.05 Å². The van der Waals surface area contributed by atoms with Gasteiger partial charge in [0, 0.05) is 5.39 Å². The number of aromatic nitrogens is 1. The van der Waals surface area contributed by atoms with E-state index in [2.05, 4.69) is 24.3 Å². The minimum atomic E-state index is -0.278. The van der Waals surface area contributed by atoms with Crippen LogP contribution in [0.2, 0.25) is 0 Å². The monoisotopic (exact) mass is 352 g/mol. The fraction of sp³-hybridized carbons (Fsp3) is 0.0435. The second-order valence-electron chi connectivity index (χ2n) is 6.72. The molecular formula is C23H16N2O2. The molecule has 0 saturated carbocycles. The van der Waals surface area contributed by atoms with Gasteiger partial charge in [-0.15, -0.1) is 0 Å². The first-order valence-corrected chi connectivity index (χ1v) is 8.79. The summed E-state index contributed by atoms with van der Waals surface area (Å²) in [6.07, 6.45) is 0. The zero-order valence-electron chi connectivity index (χ0n) is 14.7. The van der Waals surface area contributed by atoms with Crippen molar-refractivity contribution in [3.8, 4) is 11.1 Å². The van der Waals surface area contributed by atoms with Crippen molar-refractivity contribution in [2.24, 2.45) is 7.05 Å². The molecule has 5 aromatic rings. The van der Waals surface area contributed by atoms with Crippen molar-refractivity contribution in [1.82, 2.24) is 4.57 Å². The highest BCUT2D eigenvalue weighted by molar-refractivity contribution is 6.17. The predicted octanol–water partition coefficient (Wildman–Crippen LogP) is 6.06. The van der Waals surface area contributed by atoms with Crippen LogP contribution in [-0.4, -0.2) is 9.49 Å². The summed E-state index contributed by atoms with van der Waals surface area (Å²) < 4.78 is 1.68. The Morgan fingerprint density at radius 1 is 0.778 bits per heavy atom. The van der Waals surface area contributed by atoms with Gasteiger partial charge < -0.3 is 10.1 Å². The van der Waals surface area contributed by atoms with Gasteiger partial charge in [0.2, 0.25) is 0 Å². The summed E-state index contributed by atoms with van der Waals surface area (Å²) in [4.78, 5) is 11.7. The molecule has 4 heteroatoms. The number of nitrogens with zero attached hydrogens (tertiary/aromatic N) is 2. The molecule has 1 heterocycles. The lowest BCUT2D eigenvalue weighted by Gasteiger charge is -2.10. The van der Waals surface area contributed by atoms with Crippen LogP contribution in [0.15, 0.2) is 78.9 Å². The lowest BCUT2D eigenvalue weighted by molar-refractivity contribution is -0.390. The number of rotatable bonds is 2. The number of aryl methyl sites for hydroxylation is 1. The molecule has 0 fully saturated rings. The Hall–Kier alpha value is -3.66. The van der Waals surface area contributed by atoms with E-state index in [4.69, 9.17) is 0 Å². The molecule has 0 amide bonds. The molecule has 0 spiro atoms. The first kappa shape index (κ1) is 15.6. The zero-order chi connectivity index (χ0) is 18.5. The highest BCUT2D eigenvalue weighted by Gasteiger charge is 2.26. The largest absolute Gasteiger partial charge is 0.358 e. The SMILES string of the molecule is Cn1c([N+](=O)[O-])c(-c2cc3ccccc3c3ccccc23)c2ccccc21. The summed E-state index contributed by atoms with van der Waals surface area (Å²) in [5.41, 5.74) is 2.43. The quantitative estimate of drug-likeness (QED) is 0.220. The van der Waals surface area contributed by atoms with Gasteiger partial charge in [0.25, 0.3) is 0 Å². The fourth-order valence-electron chi connectivity index (χ4n) is 4.12. The third-order valence-corrected chi connectivity index (χ3v) is 5.29. The molecule has 4 aromatic carbocycles. The van der Waals surface area contributed by atoms with Gasteiger partial charge in [-0.1, -0.05) is 60.7 Å². The topological polar surface area (TPSA) is 48.1 Å². The summed E-state index contributed by atoms with van der Waals surface area (Å²) >= 11 is 0. The third kappa shape index (κ3) is 2.16. The van der Waals surface area contributed by atoms with Gasteiger partial charge in [-0.25, -0.2) is 4.57 Å². The Bertz CT molecular complexity index is 1370. The van der Waals surface area contributed by atoms with E-state index in [1.807, 2.05) is 54.6 Å². The average Bonchev–Trinajstić information content (AvgIpc) is 3.00. The van der Waals surface area contributed by atoms with Crippen LogP contribution in [0.1, 0.15) is 0 Å². The molecule has 0 radical (unpaired) electrons. The normalized spacial score (nSPS) is 11.4. The Morgan fingerprint density at radius 2 is 1.37 bits per heavy atom. The van der Waals surface area contributed by atoms with E-state index in [9.17, 15) is 10.1 Å². The van der Waals surface area contributed by atoms with Gasteiger partial charge in [-0.2, -0.15) is 0 Å². The zero-order valence-corrected chi connectivity index (χ0v) is 14.7. The lowest BCUT2D eigenvalue weighted by Crippen LogP contribution is -1.98. The van der Waals surface area contributed by atoms with Crippen molar-refractivity contribution in [2.45, 2.75) is 0 Å². The van der Waals surface area contributed by atoms with Crippen molar-refractivity contribution >= 4 is 38.3 Å². The van der Waals surface area contributed by atoms with Crippen molar-refractivity contribution < 1.29 is 4.92 Å². The van der Waals surface area contributed by atoms with Gasteiger partial charge in [-0.3, -0.25) is 0 Å². The van der Waals surface area contributed by atoms with Crippen LogP contribution in [0.5, 0.6) is 0 Å². The second-order valence-corrected chi connectivity index (χ2v) is 6.72. The Morgan fingerprint density at radius 3 is 2.11 bits per heavy atom. The molecule has 4 nitrogen and oxygen atoms in total. The molecule has 5 rings (SSSR count). The summed E-state index contributed by atoms with van der Waals surface area (Å²) in [5, 5.41) is 17.2. The molecule has 0 unspecified atom stereocenters. The maximum atomic E-state index is 12.0. The van der Waals surface area contributed by atoms with Gasteiger partial charge >= 0.3 is 5.82 Å². The molecule has 27 heavy (non-hydrogen) atoms. The average molecular weight is 352 g/mol. The van der Waals surface area contributed by atoms with Crippen molar-refractivity contribution in [3.63, 3.8) is 0 Å². The van der Waals surface area contributed by atoms with E-state index >= 15 is 0 Å². The summed E-state index contributed by atoms with van der Waals surface area (Å²) in [7, 11) is 1.76. The van der Waals surface area contributed by atoms with Gasteiger partial charge in [0.15, 0.2) is 0 Å². The van der Waals surface area contributed by atoms with Gasteiger partial charge in [0.1, 0.15) is 5.52 Å². The van der Waals surface area contributed by atoms with Crippen molar-refractivity contribution in [2.75, 3.05) is 0 Å². The first-order chi connectivity index (χ1) is 13.2. The van der Waals surface area contributed by atoms with E-state index in [1.54, 1.807) is 11.6 Å². The molecule has 0 bridgehead atoms. The van der Waals surface area contributed by atoms with Gasteiger partial charge in [0.05, 0.1) is 12.6 Å². The molecule has 0 aliphatic heterocycles. The van der Waals surface area contributed by atoms with E-state index in [1.165, 1.54) is 0 Å². The fourth-order valence-corrected chi connectivity index (χ4v) is 4.12. The summed E-state index contributed by atoms with van der Waals surface area (Å²) in [5.74, 6) is 0.122. The molecule has 0 saturated heterocycles. The van der Waals surface area contributed by atoms with Crippen molar-refractivity contribution in [1.29, 1.82) is 0 Å². The van der Waals surface area contributed by atoms with Crippen molar-refractivity contribution in [3.05, 3.63) is 89.0 Å². The van der Waals surface area contributed by atoms with Crippen LogP contribution in [0.3, 0.4) is 0 Å². The van der Waals surface area contributed by atoms with Crippen LogP contribution < -0.4 is 0 Å². The van der Waals surface area contributed by atoms with Crippen LogP contribution in [0, 0.1) is 10.1 Å². The number of para-hydroxylation sites is 1.